The normalized spacial score (nSPS) is 14.3. The van der Waals surface area contributed by atoms with E-state index in [1.807, 2.05) is 26.0 Å². The summed E-state index contributed by atoms with van der Waals surface area (Å²) in [7, 11) is 0. The lowest BCUT2D eigenvalue weighted by molar-refractivity contribution is 0.0990. The van der Waals surface area contributed by atoms with Gasteiger partial charge in [0.05, 0.1) is 23.5 Å². The number of rotatable bonds is 7. The van der Waals surface area contributed by atoms with Crippen molar-refractivity contribution in [1.82, 2.24) is 19.9 Å². The number of nitrogens with one attached hydrogen (secondary N) is 1. The third-order valence-corrected chi connectivity index (χ3v) is 6.74. The zero-order valence-corrected chi connectivity index (χ0v) is 20.6. The highest BCUT2D eigenvalue weighted by Crippen LogP contribution is 2.30. The molecule has 1 saturated heterocycles. The summed E-state index contributed by atoms with van der Waals surface area (Å²) in [5.41, 5.74) is 1.26. The first kappa shape index (κ1) is 24.3. The molecule has 4 N–H and O–H groups in total. The summed E-state index contributed by atoms with van der Waals surface area (Å²) < 4.78 is 0. The second-order valence-electron chi connectivity index (χ2n) is 7.95. The van der Waals surface area contributed by atoms with E-state index in [0.717, 1.165) is 42.6 Å². The lowest BCUT2D eigenvalue weighted by Gasteiger charge is -2.35. The van der Waals surface area contributed by atoms with Gasteiger partial charge in [-0.15, -0.1) is 0 Å². The molecule has 0 unspecified atom stereocenters. The van der Waals surface area contributed by atoms with E-state index >= 15 is 0 Å². The summed E-state index contributed by atoms with van der Waals surface area (Å²) in [6, 6.07) is 7.22. The fraction of sp³-hybridized carbons (Fsp3) is 0.364. The molecule has 12 heteroatoms. The molecule has 0 atom stereocenters. The number of carbonyl (C=O) groups is 1. The summed E-state index contributed by atoms with van der Waals surface area (Å²) in [5.74, 6) is 7.76. The number of para-hydroxylation sites is 1. The first-order valence-corrected chi connectivity index (χ1v) is 12.1. The van der Waals surface area contributed by atoms with Gasteiger partial charge in [0, 0.05) is 38.8 Å². The minimum Gasteiger partial charge on any atom is -0.395 e. The Bertz CT molecular complexity index is 1150. The maximum Gasteiger partial charge on any atom is 0.284 e. The number of hydrogen-bond acceptors (Lipinski definition) is 10. The summed E-state index contributed by atoms with van der Waals surface area (Å²) in [6.45, 7) is 7.90. The Labute approximate surface area is 207 Å². The van der Waals surface area contributed by atoms with Crippen molar-refractivity contribution in [3.8, 4) is 0 Å². The molecule has 1 aliphatic heterocycles. The minimum atomic E-state index is -0.401. The van der Waals surface area contributed by atoms with E-state index in [1.165, 1.54) is 17.5 Å². The number of amides is 1. The van der Waals surface area contributed by atoms with Gasteiger partial charge in [-0.2, -0.15) is 0 Å². The van der Waals surface area contributed by atoms with Crippen LogP contribution in [-0.2, 0) is 0 Å². The maximum atomic E-state index is 12.9. The largest absolute Gasteiger partial charge is 0.395 e. The van der Waals surface area contributed by atoms with Crippen LogP contribution in [0.3, 0.4) is 0 Å². The van der Waals surface area contributed by atoms with Crippen molar-refractivity contribution >= 4 is 51.3 Å². The van der Waals surface area contributed by atoms with E-state index in [9.17, 15) is 4.79 Å². The van der Waals surface area contributed by atoms with Crippen molar-refractivity contribution in [3.63, 3.8) is 0 Å². The fourth-order valence-electron chi connectivity index (χ4n) is 3.81. The van der Waals surface area contributed by atoms with E-state index in [1.54, 1.807) is 12.1 Å². The van der Waals surface area contributed by atoms with Crippen molar-refractivity contribution in [1.29, 1.82) is 0 Å². The molecule has 3 heterocycles. The van der Waals surface area contributed by atoms with E-state index in [2.05, 4.69) is 30.1 Å². The highest BCUT2D eigenvalue weighted by molar-refractivity contribution is 7.17. The predicted octanol–water partition coefficient (Wildman–Crippen LogP) is 2.58. The SMILES string of the molecule is Cc1nc(Nc2ncc(C(=O)N(N)c3c(C)cccc3Cl)s2)cc(N2CCN(CCO)CC2)n1. The Morgan fingerprint density at radius 2 is 2.03 bits per heavy atom. The molecule has 4 rings (SSSR count). The smallest absolute Gasteiger partial charge is 0.284 e. The molecule has 0 spiro atoms. The van der Waals surface area contributed by atoms with Crippen LogP contribution in [0.5, 0.6) is 0 Å². The number of carbonyl (C=O) groups excluding carboxylic acids is 1. The van der Waals surface area contributed by atoms with Gasteiger partial charge in [0.15, 0.2) is 5.13 Å². The van der Waals surface area contributed by atoms with Gasteiger partial charge in [0.25, 0.3) is 5.91 Å². The number of nitrogens with zero attached hydrogens (tertiary/aromatic N) is 6. The topological polar surface area (TPSA) is 124 Å². The maximum absolute atomic E-state index is 12.9. The quantitative estimate of drug-likeness (QED) is 0.254. The van der Waals surface area contributed by atoms with Crippen molar-refractivity contribution < 1.29 is 9.90 Å². The van der Waals surface area contributed by atoms with Crippen LogP contribution in [0.25, 0.3) is 0 Å². The van der Waals surface area contributed by atoms with Crippen LogP contribution >= 0.6 is 22.9 Å². The molecule has 0 aliphatic carbocycles. The zero-order valence-electron chi connectivity index (χ0n) is 19.0. The molecule has 0 bridgehead atoms. The van der Waals surface area contributed by atoms with Crippen LogP contribution in [0.15, 0.2) is 30.5 Å². The number of anilines is 4. The number of nitrogens with two attached hydrogens (primary N) is 1. The van der Waals surface area contributed by atoms with E-state index in [4.69, 9.17) is 22.6 Å². The van der Waals surface area contributed by atoms with Crippen LogP contribution < -0.4 is 21.1 Å². The predicted molar refractivity (Wildman–Crippen MR) is 135 cm³/mol. The van der Waals surface area contributed by atoms with Gasteiger partial charge in [-0.05, 0) is 25.5 Å². The molecule has 34 heavy (non-hydrogen) atoms. The van der Waals surface area contributed by atoms with Crippen molar-refractivity contribution in [3.05, 3.63) is 51.7 Å². The number of aliphatic hydroxyl groups is 1. The molecule has 1 aromatic carbocycles. The lowest BCUT2D eigenvalue weighted by atomic mass is 10.2. The third kappa shape index (κ3) is 5.45. The van der Waals surface area contributed by atoms with Gasteiger partial charge in [-0.1, -0.05) is 35.1 Å². The molecular formula is C22H27ClN8O2S. The zero-order chi connectivity index (χ0) is 24.2. The van der Waals surface area contributed by atoms with Crippen LogP contribution in [0, 0.1) is 13.8 Å². The van der Waals surface area contributed by atoms with Crippen molar-refractivity contribution in [2.24, 2.45) is 5.84 Å². The second kappa shape index (κ2) is 10.6. The van der Waals surface area contributed by atoms with Gasteiger partial charge >= 0.3 is 0 Å². The molecule has 0 saturated carbocycles. The number of aromatic nitrogens is 3. The molecule has 1 aliphatic rings. The minimum absolute atomic E-state index is 0.166. The standard InChI is InChI=1S/C22H27ClN8O2S/c1-14-4-3-5-16(23)20(14)31(24)21(33)17-13-25-22(34-17)28-18-12-19(27-15(2)26-18)30-8-6-29(7-9-30)10-11-32/h3-5,12-13,32H,6-11,24H2,1-2H3,(H,25,26,27,28). The highest BCUT2D eigenvalue weighted by Gasteiger charge is 2.22. The number of hydrazine groups is 1. The van der Waals surface area contributed by atoms with Gasteiger partial charge in [-0.3, -0.25) is 9.69 Å². The second-order valence-corrected chi connectivity index (χ2v) is 9.38. The number of hydrogen-bond donors (Lipinski definition) is 3. The molecule has 180 valence electrons. The van der Waals surface area contributed by atoms with Crippen LogP contribution in [0.2, 0.25) is 5.02 Å². The number of piperazine rings is 1. The molecule has 1 fully saturated rings. The monoisotopic (exact) mass is 502 g/mol. The summed E-state index contributed by atoms with van der Waals surface area (Å²) in [4.78, 5) is 31.1. The fourth-order valence-corrected chi connectivity index (χ4v) is 4.88. The van der Waals surface area contributed by atoms with E-state index in [0.29, 0.717) is 38.9 Å². The third-order valence-electron chi connectivity index (χ3n) is 5.54. The first-order chi connectivity index (χ1) is 16.4. The molecule has 0 radical (unpaired) electrons. The number of aliphatic hydroxyl groups excluding tert-OH is 1. The molecule has 1 amide bonds. The van der Waals surface area contributed by atoms with E-state index in [-0.39, 0.29) is 6.61 Å². The molecule has 3 aromatic rings. The van der Waals surface area contributed by atoms with Crippen LogP contribution in [0.4, 0.5) is 22.5 Å². The van der Waals surface area contributed by atoms with Gasteiger partial charge in [0.2, 0.25) is 0 Å². The average molecular weight is 503 g/mol. The van der Waals surface area contributed by atoms with Crippen LogP contribution in [-0.4, -0.2) is 70.2 Å². The van der Waals surface area contributed by atoms with E-state index < -0.39 is 5.91 Å². The van der Waals surface area contributed by atoms with Crippen molar-refractivity contribution in [2.45, 2.75) is 13.8 Å². The van der Waals surface area contributed by atoms with Crippen molar-refractivity contribution in [2.75, 3.05) is 54.6 Å². The van der Waals surface area contributed by atoms with Gasteiger partial charge in [0.1, 0.15) is 22.3 Å². The Morgan fingerprint density at radius 1 is 1.26 bits per heavy atom. The Balaban J connectivity index is 1.46. The van der Waals surface area contributed by atoms with Gasteiger partial charge < -0.3 is 15.3 Å². The highest BCUT2D eigenvalue weighted by atomic mass is 35.5. The molecule has 10 nitrogen and oxygen atoms in total. The summed E-state index contributed by atoms with van der Waals surface area (Å²) in [6.07, 6.45) is 1.48. The number of thiazole rings is 1. The molecular weight excluding hydrogens is 476 g/mol. The number of halogens is 1. The van der Waals surface area contributed by atoms with Gasteiger partial charge in [-0.25, -0.2) is 25.8 Å². The summed E-state index contributed by atoms with van der Waals surface area (Å²) >= 11 is 7.44. The lowest BCUT2D eigenvalue weighted by Crippen LogP contribution is -2.47. The molecule has 2 aromatic heterocycles. The Morgan fingerprint density at radius 3 is 2.74 bits per heavy atom. The Hall–Kier alpha value is -2.83. The number of aryl methyl sites for hydroxylation is 2. The number of benzene rings is 1. The first-order valence-electron chi connectivity index (χ1n) is 10.9. The Kier molecular flexibility index (Phi) is 7.59. The van der Waals surface area contributed by atoms with Crippen LogP contribution in [0.1, 0.15) is 21.1 Å². The summed E-state index contributed by atoms with van der Waals surface area (Å²) in [5, 5.41) is 14.3. The average Bonchev–Trinajstić information content (AvgIpc) is 3.27. The number of β-amino-alcohol motifs (C(OH)–C–C–N with tert-alkyl or cyclic N) is 1.